The molecule has 4 rings (SSSR count). The van der Waals surface area contributed by atoms with Crippen molar-refractivity contribution < 1.29 is 19.0 Å². The second-order valence-electron chi connectivity index (χ2n) is 6.91. The summed E-state index contributed by atoms with van der Waals surface area (Å²) in [6.45, 7) is 3.03. The highest BCUT2D eigenvalue weighted by molar-refractivity contribution is 5.70. The average molecular weight is 360 g/mol. The van der Waals surface area contributed by atoms with Crippen LogP contribution in [0.5, 0.6) is 0 Å². The Bertz CT molecular complexity index is 801. The lowest BCUT2D eigenvalue weighted by Crippen LogP contribution is -2.36. The van der Waals surface area contributed by atoms with Crippen molar-refractivity contribution in [2.45, 2.75) is 38.6 Å². The van der Waals surface area contributed by atoms with Crippen LogP contribution in [0.4, 0.5) is 4.39 Å². The molecule has 1 aromatic heterocycles. The summed E-state index contributed by atoms with van der Waals surface area (Å²) in [6.07, 6.45) is 1.09. The maximum atomic E-state index is 13.4. The molecule has 3 heterocycles. The molecule has 0 bridgehead atoms. The number of likely N-dealkylation sites (tertiary alicyclic amines) is 1. The minimum atomic E-state index is -0.706. The number of halogens is 1. The van der Waals surface area contributed by atoms with Crippen LogP contribution < -0.4 is 0 Å². The summed E-state index contributed by atoms with van der Waals surface area (Å²) in [6, 6.07) is 6.43. The van der Waals surface area contributed by atoms with Crippen LogP contribution in [0.15, 0.2) is 24.3 Å². The highest BCUT2D eigenvalue weighted by atomic mass is 19.1. The molecule has 1 aromatic carbocycles. The molecule has 0 amide bonds. The summed E-state index contributed by atoms with van der Waals surface area (Å²) in [5, 5.41) is 17.6. The summed E-state index contributed by atoms with van der Waals surface area (Å²) < 4.78 is 21.2. The van der Waals surface area contributed by atoms with E-state index in [1.807, 2.05) is 10.7 Å². The molecule has 8 heteroatoms. The largest absolute Gasteiger partial charge is 0.481 e. The lowest BCUT2D eigenvalue weighted by atomic mass is 9.97. The first-order chi connectivity index (χ1) is 12.6. The van der Waals surface area contributed by atoms with E-state index in [-0.39, 0.29) is 17.8 Å². The fourth-order valence-corrected chi connectivity index (χ4v) is 3.64. The van der Waals surface area contributed by atoms with Gasteiger partial charge in [-0.25, -0.2) is 9.07 Å². The van der Waals surface area contributed by atoms with Crippen LogP contribution in [0.25, 0.3) is 0 Å². The summed E-state index contributed by atoms with van der Waals surface area (Å²) >= 11 is 0. The molecule has 7 nitrogen and oxygen atoms in total. The molecule has 2 aliphatic heterocycles. The maximum absolute atomic E-state index is 13.4. The Balaban J connectivity index is 1.41. The molecule has 1 fully saturated rings. The van der Waals surface area contributed by atoms with Gasteiger partial charge in [0.2, 0.25) is 0 Å². The van der Waals surface area contributed by atoms with Gasteiger partial charge in [0.05, 0.1) is 24.8 Å². The third kappa shape index (κ3) is 3.47. The van der Waals surface area contributed by atoms with Crippen LogP contribution in [-0.2, 0) is 29.2 Å². The normalized spacial score (nSPS) is 21.5. The van der Waals surface area contributed by atoms with E-state index in [0.29, 0.717) is 32.5 Å². The van der Waals surface area contributed by atoms with Crippen LogP contribution in [0, 0.1) is 11.7 Å². The molecule has 0 unspecified atom stereocenters. The molecular formula is C18H21FN4O3. The molecule has 26 heavy (non-hydrogen) atoms. The number of carbonyl (C=O) groups is 1. The summed E-state index contributed by atoms with van der Waals surface area (Å²) in [7, 11) is 0. The van der Waals surface area contributed by atoms with Gasteiger partial charge in [0.25, 0.3) is 0 Å². The Labute approximate surface area is 150 Å². The number of nitrogens with zero attached hydrogens (tertiary/aromatic N) is 4. The third-order valence-electron chi connectivity index (χ3n) is 5.21. The molecule has 1 N–H and O–H groups in total. The third-order valence-corrected chi connectivity index (χ3v) is 5.21. The fourth-order valence-electron chi connectivity index (χ4n) is 3.64. The van der Waals surface area contributed by atoms with E-state index in [9.17, 15) is 9.18 Å². The van der Waals surface area contributed by atoms with Crippen molar-refractivity contribution in [3.63, 3.8) is 0 Å². The molecule has 1 saturated heterocycles. The van der Waals surface area contributed by atoms with E-state index in [4.69, 9.17) is 9.84 Å². The Morgan fingerprint density at radius 1 is 1.35 bits per heavy atom. The number of benzene rings is 1. The first kappa shape index (κ1) is 17.1. The minimum absolute atomic E-state index is 0.237. The van der Waals surface area contributed by atoms with Gasteiger partial charge in [-0.2, -0.15) is 0 Å². The van der Waals surface area contributed by atoms with E-state index < -0.39 is 5.97 Å². The number of carboxylic acid groups (broad SMARTS) is 1. The second kappa shape index (κ2) is 7.13. The van der Waals surface area contributed by atoms with Gasteiger partial charge in [0.15, 0.2) is 0 Å². The van der Waals surface area contributed by atoms with Gasteiger partial charge < -0.3 is 9.84 Å². The number of carboxylic acids is 1. The van der Waals surface area contributed by atoms with Gasteiger partial charge in [-0.3, -0.25) is 9.69 Å². The number of hydrogen-bond acceptors (Lipinski definition) is 5. The quantitative estimate of drug-likeness (QED) is 0.898. The Hall–Kier alpha value is -2.32. The predicted octanol–water partition coefficient (Wildman–Crippen LogP) is 1.99. The number of hydrogen-bond donors (Lipinski definition) is 1. The van der Waals surface area contributed by atoms with Crippen molar-refractivity contribution in [3.8, 4) is 0 Å². The SMILES string of the molecule is O=C(O)C1CCN(Cc2nnn3c2CO[C@@H](c2cccc(F)c2)C3)CC1. The standard InChI is InChI=1S/C18H21FN4O3/c19-14-3-1-2-13(8-14)17-10-23-16(11-26-17)15(20-21-23)9-22-6-4-12(5-7-22)18(24)25/h1-3,8,12,17H,4-7,9-11H2,(H,24,25)/t17-/m1/s1. The van der Waals surface area contributed by atoms with E-state index >= 15 is 0 Å². The van der Waals surface area contributed by atoms with Crippen molar-refractivity contribution in [3.05, 3.63) is 47.0 Å². The number of aliphatic carboxylic acids is 1. The van der Waals surface area contributed by atoms with Crippen molar-refractivity contribution in [1.82, 2.24) is 19.9 Å². The van der Waals surface area contributed by atoms with Gasteiger partial charge in [0, 0.05) is 6.54 Å². The molecule has 1 atom stereocenters. The summed E-state index contributed by atoms with van der Waals surface area (Å²) in [5.41, 5.74) is 2.61. The van der Waals surface area contributed by atoms with Crippen LogP contribution in [0.2, 0.25) is 0 Å². The van der Waals surface area contributed by atoms with Crippen LogP contribution in [0.3, 0.4) is 0 Å². The van der Waals surface area contributed by atoms with Crippen molar-refractivity contribution >= 4 is 5.97 Å². The highest BCUT2D eigenvalue weighted by Crippen LogP contribution is 2.28. The number of rotatable bonds is 4. The van der Waals surface area contributed by atoms with Gasteiger partial charge in [0.1, 0.15) is 17.6 Å². The number of fused-ring (bicyclic) bond motifs is 1. The topological polar surface area (TPSA) is 80.5 Å². The zero-order valence-corrected chi connectivity index (χ0v) is 14.3. The molecular weight excluding hydrogens is 339 g/mol. The highest BCUT2D eigenvalue weighted by Gasteiger charge is 2.28. The lowest BCUT2D eigenvalue weighted by molar-refractivity contribution is -0.143. The zero-order chi connectivity index (χ0) is 18.1. The Kier molecular flexibility index (Phi) is 4.69. The minimum Gasteiger partial charge on any atom is -0.481 e. The van der Waals surface area contributed by atoms with Gasteiger partial charge in [-0.1, -0.05) is 17.3 Å². The summed E-state index contributed by atoms with van der Waals surface area (Å²) in [4.78, 5) is 13.3. The fraction of sp³-hybridized carbons (Fsp3) is 0.500. The average Bonchev–Trinajstić information content (AvgIpc) is 3.04. The predicted molar refractivity (Wildman–Crippen MR) is 89.6 cm³/mol. The van der Waals surface area contributed by atoms with Gasteiger partial charge >= 0.3 is 5.97 Å². The van der Waals surface area contributed by atoms with Gasteiger partial charge in [-0.05, 0) is 43.6 Å². The van der Waals surface area contributed by atoms with Crippen LogP contribution >= 0.6 is 0 Å². The first-order valence-electron chi connectivity index (χ1n) is 8.83. The lowest BCUT2D eigenvalue weighted by Gasteiger charge is -2.30. The van der Waals surface area contributed by atoms with Crippen molar-refractivity contribution in [2.24, 2.45) is 5.92 Å². The molecule has 0 radical (unpaired) electrons. The van der Waals surface area contributed by atoms with Gasteiger partial charge in [-0.15, -0.1) is 5.10 Å². The van der Waals surface area contributed by atoms with Crippen LogP contribution in [-0.4, -0.2) is 44.1 Å². The van der Waals surface area contributed by atoms with E-state index in [1.54, 1.807) is 6.07 Å². The van der Waals surface area contributed by atoms with E-state index in [1.165, 1.54) is 12.1 Å². The molecule has 0 spiro atoms. The Morgan fingerprint density at radius 2 is 2.15 bits per heavy atom. The van der Waals surface area contributed by atoms with E-state index in [2.05, 4.69) is 15.2 Å². The zero-order valence-electron chi connectivity index (χ0n) is 14.3. The van der Waals surface area contributed by atoms with Crippen molar-refractivity contribution in [2.75, 3.05) is 13.1 Å². The summed E-state index contributed by atoms with van der Waals surface area (Å²) in [5.74, 6) is -1.22. The van der Waals surface area contributed by atoms with Crippen molar-refractivity contribution in [1.29, 1.82) is 0 Å². The van der Waals surface area contributed by atoms with Crippen LogP contribution in [0.1, 0.15) is 35.9 Å². The second-order valence-corrected chi connectivity index (χ2v) is 6.91. The molecule has 2 aliphatic rings. The molecule has 138 valence electrons. The monoisotopic (exact) mass is 360 g/mol. The Morgan fingerprint density at radius 3 is 2.88 bits per heavy atom. The number of ether oxygens (including phenoxy) is 1. The molecule has 0 saturated carbocycles. The number of piperidine rings is 1. The molecule has 2 aromatic rings. The van der Waals surface area contributed by atoms with E-state index in [0.717, 1.165) is 30.0 Å². The first-order valence-corrected chi connectivity index (χ1v) is 8.83. The smallest absolute Gasteiger partial charge is 0.306 e. The maximum Gasteiger partial charge on any atom is 0.306 e. The number of aromatic nitrogens is 3. The molecule has 0 aliphatic carbocycles.